The second kappa shape index (κ2) is 7.06. The molecule has 4 nitrogen and oxygen atoms in total. The summed E-state index contributed by atoms with van der Waals surface area (Å²) in [4.78, 5) is 4.16. The smallest absolute Gasteiger partial charge is 0.334 e. The van der Waals surface area contributed by atoms with Gasteiger partial charge in [-0.15, -0.1) is 0 Å². The van der Waals surface area contributed by atoms with E-state index in [1.807, 2.05) is 37.3 Å². The number of nitrogens with zero attached hydrogens (tertiary/aromatic N) is 2. The number of halogens is 3. The van der Waals surface area contributed by atoms with Gasteiger partial charge in [-0.25, -0.2) is 0 Å². The van der Waals surface area contributed by atoms with Gasteiger partial charge in [0.2, 0.25) is 0 Å². The van der Waals surface area contributed by atoms with Gasteiger partial charge in [0.25, 0.3) is 5.89 Å². The molecule has 0 bridgehead atoms. The van der Waals surface area contributed by atoms with Crippen molar-refractivity contribution in [1.29, 1.82) is 0 Å². The summed E-state index contributed by atoms with van der Waals surface area (Å²) in [5, 5.41) is 7.07. The Morgan fingerprint density at radius 3 is 2.56 bits per heavy atom. The van der Waals surface area contributed by atoms with Crippen molar-refractivity contribution in [3.05, 3.63) is 71.5 Å². The summed E-state index contributed by atoms with van der Waals surface area (Å²) in [5.41, 5.74) is 0.606. The second-order valence-electron chi connectivity index (χ2n) is 5.61. The van der Waals surface area contributed by atoms with Gasteiger partial charge in [0, 0.05) is 11.6 Å². The maximum atomic E-state index is 12.8. The first-order valence-electron chi connectivity index (χ1n) is 7.72. The van der Waals surface area contributed by atoms with E-state index in [2.05, 4.69) is 15.5 Å². The zero-order chi connectivity index (χ0) is 17.9. The fourth-order valence-electron chi connectivity index (χ4n) is 2.38. The molecule has 130 valence electrons. The molecule has 0 saturated heterocycles. The first-order valence-corrected chi connectivity index (χ1v) is 7.72. The zero-order valence-electron chi connectivity index (χ0n) is 13.4. The monoisotopic (exact) mass is 347 g/mol. The van der Waals surface area contributed by atoms with Crippen LogP contribution in [0.4, 0.5) is 13.2 Å². The van der Waals surface area contributed by atoms with Gasteiger partial charge in [0.05, 0.1) is 12.1 Å². The predicted octanol–water partition coefficient (Wildman–Crippen LogP) is 4.61. The Kier molecular flexibility index (Phi) is 4.85. The van der Waals surface area contributed by atoms with E-state index in [0.717, 1.165) is 17.7 Å². The van der Waals surface area contributed by atoms with Crippen LogP contribution < -0.4 is 5.32 Å². The van der Waals surface area contributed by atoms with Crippen LogP contribution in [0.25, 0.3) is 11.5 Å². The van der Waals surface area contributed by atoms with Gasteiger partial charge in [-0.2, -0.15) is 18.2 Å². The van der Waals surface area contributed by atoms with Crippen molar-refractivity contribution in [3.8, 4) is 11.5 Å². The summed E-state index contributed by atoms with van der Waals surface area (Å²) < 4.78 is 43.4. The molecule has 0 amide bonds. The Morgan fingerprint density at radius 1 is 1.08 bits per heavy atom. The summed E-state index contributed by atoms with van der Waals surface area (Å²) in [6.45, 7) is 2.35. The van der Waals surface area contributed by atoms with Crippen molar-refractivity contribution >= 4 is 0 Å². The molecule has 0 radical (unpaired) electrons. The minimum Gasteiger partial charge on any atom is -0.334 e. The molecule has 0 aliphatic heterocycles. The van der Waals surface area contributed by atoms with Gasteiger partial charge in [-0.05, 0) is 30.7 Å². The van der Waals surface area contributed by atoms with E-state index < -0.39 is 11.7 Å². The van der Waals surface area contributed by atoms with Gasteiger partial charge in [0.15, 0.2) is 5.82 Å². The molecule has 3 aromatic rings. The molecule has 2 aromatic carbocycles. The van der Waals surface area contributed by atoms with Crippen LogP contribution in [-0.4, -0.2) is 10.1 Å². The molecule has 1 atom stereocenters. The highest BCUT2D eigenvalue weighted by atomic mass is 19.4. The minimum atomic E-state index is -4.41. The number of hydrogen-bond donors (Lipinski definition) is 1. The van der Waals surface area contributed by atoms with Gasteiger partial charge in [-0.3, -0.25) is 0 Å². The minimum absolute atomic E-state index is 0.0651. The number of alkyl halides is 3. The fraction of sp³-hybridized carbons (Fsp3) is 0.222. The van der Waals surface area contributed by atoms with Crippen molar-refractivity contribution in [3.63, 3.8) is 0 Å². The Morgan fingerprint density at radius 2 is 1.84 bits per heavy atom. The topological polar surface area (TPSA) is 51.0 Å². The Hall–Kier alpha value is -2.67. The molecule has 1 heterocycles. The van der Waals surface area contributed by atoms with Crippen molar-refractivity contribution in [1.82, 2.24) is 15.5 Å². The third-order valence-corrected chi connectivity index (χ3v) is 3.77. The standard InChI is InChI=1S/C18H16F3N3O/c1-12(13-6-3-2-4-7-13)22-11-16-23-17(25-24-16)14-8-5-9-15(10-14)18(19,20)21/h2-10,12,22H,11H2,1H3. The lowest BCUT2D eigenvalue weighted by Crippen LogP contribution is -2.18. The molecule has 1 N–H and O–H groups in total. The van der Waals surface area contributed by atoms with Crippen LogP contribution in [0.1, 0.15) is 29.9 Å². The van der Waals surface area contributed by atoms with Gasteiger partial charge in [-0.1, -0.05) is 41.6 Å². The first kappa shape index (κ1) is 17.2. The molecule has 1 aromatic heterocycles. The lowest BCUT2D eigenvalue weighted by Gasteiger charge is -2.12. The third-order valence-electron chi connectivity index (χ3n) is 3.77. The van der Waals surface area contributed by atoms with Crippen LogP contribution in [0, 0.1) is 0 Å². The molecular formula is C18H16F3N3O. The highest BCUT2D eigenvalue weighted by molar-refractivity contribution is 5.54. The highest BCUT2D eigenvalue weighted by Crippen LogP contribution is 2.31. The van der Waals surface area contributed by atoms with Crippen LogP contribution in [0.2, 0.25) is 0 Å². The summed E-state index contributed by atoms with van der Waals surface area (Å²) in [7, 11) is 0. The molecule has 0 aliphatic carbocycles. The predicted molar refractivity (Wildman–Crippen MR) is 86.4 cm³/mol. The maximum absolute atomic E-state index is 12.8. The maximum Gasteiger partial charge on any atom is 0.416 e. The SMILES string of the molecule is CC(NCc1noc(-c2cccc(C(F)(F)F)c2)n1)c1ccccc1. The third kappa shape index (κ3) is 4.24. The van der Waals surface area contributed by atoms with E-state index in [0.29, 0.717) is 12.4 Å². The molecule has 0 spiro atoms. The normalized spacial score (nSPS) is 13.0. The molecule has 7 heteroatoms. The molecule has 1 unspecified atom stereocenters. The first-order chi connectivity index (χ1) is 11.9. The van der Waals surface area contributed by atoms with E-state index >= 15 is 0 Å². The average molecular weight is 347 g/mol. The molecule has 25 heavy (non-hydrogen) atoms. The van der Waals surface area contributed by atoms with Crippen molar-refractivity contribution in [2.45, 2.75) is 25.7 Å². The van der Waals surface area contributed by atoms with Crippen molar-refractivity contribution < 1.29 is 17.7 Å². The Bertz CT molecular complexity index is 831. The summed E-state index contributed by atoms with van der Waals surface area (Å²) in [5.74, 6) is 0.449. The number of nitrogens with one attached hydrogen (secondary N) is 1. The van der Waals surface area contributed by atoms with Crippen molar-refractivity contribution in [2.75, 3.05) is 0 Å². The number of benzene rings is 2. The van der Waals surface area contributed by atoms with Gasteiger partial charge < -0.3 is 9.84 Å². The van der Waals surface area contributed by atoms with E-state index in [1.54, 1.807) is 0 Å². The highest BCUT2D eigenvalue weighted by Gasteiger charge is 2.30. The van der Waals surface area contributed by atoms with E-state index in [4.69, 9.17) is 4.52 Å². The lowest BCUT2D eigenvalue weighted by molar-refractivity contribution is -0.137. The summed E-state index contributed by atoms with van der Waals surface area (Å²) in [6.07, 6.45) is -4.41. The number of hydrogen-bond acceptors (Lipinski definition) is 4. The largest absolute Gasteiger partial charge is 0.416 e. The van der Waals surface area contributed by atoms with E-state index in [-0.39, 0.29) is 17.5 Å². The van der Waals surface area contributed by atoms with Crippen LogP contribution in [-0.2, 0) is 12.7 Å². The number of rotatable bonds is 5. The van der Waals surface area contributed by atoms with Gasteiger partial charge in [0.1, 0.15) is 0 Å². The van der Waals surface area contributed by atoms with Crippen molar-refractivity contribution in [2.24, 2.45) is 0 Å². The molecule has 0 fully saturated rings. The van der Waals surface area contributed by atoms with E-state index in [9.17, 15) is 13.2 Å². The molecular weight excluding hydrogens is 331 g/mol. The van der Waals surface area contributed by atoms with Crippen LogP contribution in [0.3, 0.4) is 0 Å². The molecule has 3 rings (SSSR count). The fourth-order valence-corrected chi connectivity index (χ4v) is 2.38. The van der Waals surface area contributed by atoms with Crippen LogP contribution in [0.15, 0.2) is 59.1 Å². The Balaban J connectivity index is 1.69. The van der Waals surface area contributed by atoms with E-state index in [1.165, 1.54) is 12.1 Å². The second-order valence-corrected chi connectivity index (χ2v) is 5.61. The van der Waals surface area contributed by atoms with Crippen LogP contribution in [0.5, 0.6) is 0 Å². The van der Waals surface area contributed by atoms with Crippen LogP contribution >= 0.6 is 0 Å². The number of aromatic nitrogens is 2. The summed E-state index contributed by atoms with van der Waals surface area (Å²) >= 11 is 0. The van der Waals surface area contributed by atoms with Gasteiger partial charge >= 0.3 is 6.18 Å². The Labute approximate surface area is 142 Å². The average Bonchev–Trinajstić information content (AvgIpc) is 3.09. The molecule has 0 saturated carbocycles. The quantitative estimate of drug-likeness (QED) is 0.732. The molecule has 0 aliphatic rings. The summed E-state index contributed by atoms with van der Waals surface area (Å²) in [6, 6.07) is 14.8. The lowest BCUT2D eigenvalue weighted by atomic mass is 10.1. The zero-order valence-corrected chi connectivity index (χ0v) is 13.4.